The first-order valence-electron chi connectivity index (χ1n) is 5.15. The quantitative estimate of drug-likeness (QED) is 0.532. The SMILES string of the molecule is COCCOCC(C)COCCCN. The van der Waals surface area contributed by atoms with Crippen molar-refractivity contribution in [3.63, 3.8) is 0 Å². The lowest BCUT2D eigenvalue weighted by Crippen LogP contribution is -2.16. The van der Waals surface area contributed by atoms with Gasteiger partial charge in [-0.15, -0.1) is 0 Å². The van der Waals surface area contributed by atoms with E-state index in [0.29, 0.717) is 25.7 Å². The van der Waals surface area contributed by atoms with Crippen LogP contribution in [0.4, 0.5) is 0 Å². The molecule has 0 rings (SSSR count). The molecule has 0 fully saturated rings. The van der Waals surface area contributed by atoms with Gasteiger partial charge < -0.3 is 19.9 Å². The summed E-state index contributed by atoms with van der Waals surface area (Å²) >= 11 is 0. The van der Waals surface area contributed by atoms with E-state index in [-0.39, 0.29) is 0 Å². The zero-order chi connectivity index (χ0) is 10.6. The molecule has 0 aliphatic heterocycles. The van der Waals surface area contributed by atoms with Crippen molar-refractivity contribution >= 4 is 0 Å². The molecule has 2 N–H and O–H groups in total. The molecule has 0 aromatic heterocycles. The van der Waals surface area contributed by atoms with Crippen molar-refractivity contribution < 1.29 is 14.2 Å². The van der Waals surface area contributed by atoms with Crippen molar-refractivity contribution in [3.8, 4) is 0 Å². The van der Waals surface area contributed by atoms with Gasteiger partial charge >= 0.3 is 0 Å². The lowest BCUT2D eigenvalue weighted by Gasteiger charge is -2.12. The van der Waals surface area contributed by atoms with E-state index >= 15 is 0 Å². The Labute approximate surface area is 86.7 Å². The topological polar surface area (TPSA) is 53.7 Å². The molecule has 0 saturated heterocycles. The molecule has 0 bridgehead atoms. The van der Waals surface area contributed by atoms with Crippen LogP contribution in [0.5, 0.6) is 0 Å². The lowest BCUT2D eigenvalue weighted by molar-refractivity contribution is 0.0245. The predicted octanol–water partition coefficient (Wildman–Crippen LogP) is 0.651. The highest BCUT2D eigenvalue weighted by Gasteiger charge is 2.01. The third-order valence-corrected chi connectivity index (χ3v) is 1.73. The summed E-state index contributed by atoms with van der Waals surface area (Å²) in [7, 11) is 1.67. The van der Waals surface area contributed by atoms with Crippen LogP contribution in [-0.4, -0.2) is 46.7 Å². The molecule has 4 nitrogen and oxygen atoms in total. The molecule has 4 heteroatoms. The van der Waals surface area contributed by atoms with Gasteiger partial charge in [-0.3, -0.25) is 0 Å². The Morgan fingerprint density at radius 3 is 2.29 bits per heavy atom. The third kappa shape index (κ3) is 9.92. The molecule has 0 aliphatic carbocycles. The van der Waals surface area contributed by atoms with Crippen LogP contribution in [0, 0.1) is 5.92 Å². The van der Waals surface area contributed by atoms with Crippen molar-refractivity contribution in [1.29, 1.82) is 0 Å². The summed E-state index contributed by atoms with van der Waals surface area (Å²) < 4.78 is 15.6. The Morgan fingerprint density at radius 1 is 1.07 bits per heavy atom. The summed E-state index contributed by atoms with van der Waals surface area (Å²) in [4.78, 5) is 0. The van der Waals surface area contributed by atoms with Crippen LogP contribution in [-0.2, 0) is 14.2 Å². The molecule has 0 spiro atoms. The number of nitrogens with two attached hydrogens (primary N) is 1. The molecule has 1 atom stereocenters. The van der Waals surface area contributed by atoms with Gasteiger partial charge in [0.2, 0.25) is 0 Å². The molecular weight excluding hydrogens is 182 g/mol. The monoisotopic (exact) mass is 205 g/mol. The lowest BCUT2D eigenvalue weighted by atomic mass is 10.2. The van der Waals surface area contributed by atoms with Crippen LogP contribution in [0.1, 0.15) is 13.3 Å². The van der Waals surface area contributed by atoms with E-state index < -0.39 is 0 Å². The highest BCUT2D eigenvalue weighted by molar-refractivity contribution is 4.49. The van der Waals surface area contributed by atoms with E-state index in [9.17, 15) is 0 Å². The van der Waals surface area contributed by atoms with Crippen molar-refractivity contribution in [1.82, 2.24) is 0 Å². The smallest absolute Gasteiger partial charge is 0.0700 e. The number of ether oxygens (including phenoxy) is 3. The maximum Gasteiger partial charge on any atom is 0.0700 e. The largest absolute Gasteiger partial charge is 0.382 e. The van der Waals surface area contributed by atoms with Gasteiger partial charge in [0.25, 0.3) is 0 Å². The second-order valence-corrected chi connectivity index (χ2v) is 3.39. The van der Waals surface area contributed by atoms with E-state index in [2.05, 4.69) is 6.92 Å². The molecule has 0 amide bonds. The Hall–Kier alpha value is -0.160. The zero-order valence-corrected chi connectivity index (χ0v) is 9.33. The molecule has 1 unspecified atom stereocenters. The number of rotatable bonds is 10. The van der Waals surface area contributed by atoms with Crippen LogP contribution < -0.4 is 5.73 Å². The Balaban J connectivity index is 3.07. The maximum absolute atomic E-state index is 5.40. The van der Waals surface area contributed by atoms with Gasteiger partial charge in [-0.05, 0) is 13.0 Å². The van der Waals surface area contributed by atoms with Crippen molar-refractivity contribution in [3.05, 3.63) is 0 Å². The van der Waals surface area contributed by atoms with E-state index in [4.69, 9.17) is 19.9 Å². The molecule has 0 saturated carbocycles. The normalized spacial score (nSPS) is 13.1. The van der Waals surface area contributed by atoms with Crippen LogP contribution in [0.2, 0.25) is 0 Å². The van der Waals surface area contributed by atoms with Gasteiger partial charge in [0, 0.05) is 19.6 Å². The summed E-state index contributed by atoms with van der Waals surface area (Å²) in [6, 6.07) is 0. The summed E-state index contributed by atoms with van der Waals surface area (Å²) in [6.45, 7) is 6.33. The highest BCUT2D eigenvalue weighted by Crippen LogP contribution is 1.97. The fraction of sp³-hybridized carbons (Fsp3) is 1.00. The van der Waals surface area contributed by atoms with Gasteiger partial charge in [0.1, 0.15) is 0 Å². The van der Waals surface area contributed by atoms with Crippen molar-refractivity contribution in [2.24, 2.45) is 11.7 Å². The maximum atomic E-state index is 5.40. The van der Waals surface area contributed by atoms with E-state index in [1.807, 2.05) is 0 Å². The van der Waals surface area contributed by atoms with Crippen molar-refractivity contribution in [2.45, 2.75) is 13.3 Å². The molecule has 86 valence electrons. The second-order valence-electron chi connectivity index (χ2n) is 3.39. The van der Waals surface area contributed by atoms with Crippen molar-refractivity contribution in [2.75, 3.05) is 46.7 Å². The minimum absolute atomic E-state index is 0.435. The summed E-state index contributed by atoms with van der Waals surface area (Å²) in [5.74, 6) is 0.435. The van der Waals surface area contributed by atoms with Gasteiger partial charge in [0.15, 0.2) is 0 Å². The van der Waals surface area contributed by atoms with Crippen LogP contribution in [0.15, 0.2) is 0 Å². The zero-order valence-electron chi connectivity index (χ0n) is 9.33. The molecule has 14 heavy (non-hydrogen) atoms. The van der Waals surface area contributed by atoms with Crippen LogP contribution in [0.3, 0.4) is 0 Å². The third-order valence-electron chi connectivity index (χ3n) is 1.73. The average Bonchev–Trinajstić information content (AvgIpc) is 2.19. The summed E-state index contributed by atoms with van der Waals surface area (Å²) in [6.07, 6.45) is 0.928. The van der Waals surface area contributed by atoms with E-state index in [0.717, 1.165) is 26.2 Å². The Bertz CT molecular complexity index is 99.5. The highest BCUT2D eigenvalue weighted by atomic mass is 16.5. The van der Waals surface area contributed by atoms with Gasteiger partial charge in [-0.25, -0.2) is 0 Å². The van der Waals surface area contributed by atoms with E-state index in [1.165, 1.54) is 0 Å². The Kier molecular flexibility index (Phi) is 10.8. The van der Waals surface area contributed by atoms with E-state index in [1.54, 1.807) is 7.11 Å². The van der Waals surface area contributed by atoms with Gasteiger partial charge in [-0.2, -0.15) is 0 Å². The molecule has 0 aliphatic rings. The summed E-state index contributed by atoms with van der Waals surface area (Å²) in [5, 5.41) is 0. The van der Waals surface area contributed by atoms with Gasteiger partial charge in [0.05, 0.1) is 26.4 Å². The first-order chi connectivity index (χ1) is 6.81. The molecule has 0 heterocycles. The first-order valence-corrected chi connectivity index (χ1v) is 5.15. The number of methoxy groups -OCH3 is 1. The fourth-order valence-corrected chi connectivity index (χ4v) is 0.945. The second kappa shape index (κ2) is 10.9. The molecule has 0 aromatic carbocycles. The first kappa shape index (κ1) is 13.8. The standard InChI is InChI=1S/C10H23NO3/c1-10(8-13-5-3-4-11)9-14-7-6-12-2/h10H,3-9,11H2,1-2H3. The minimum Gasteiger partial charge on any atom is -0.382 e. The number of hydrogen-bond donors (Lipinski definition) is 1. The number of hydrogen-bond acceptors (Lipinski definition) is 4. The van der Waals surface area contributed by atoms with Crippen LogP contribution in [0.25, 0.3) is 0 Å². The van der Waals surface area contributed by atoms with Gasteiger partial charge in [-0.1, -0.05) is 6.92 Å². The Morgan fingerprint density at radius 2 is 1.71 bits per heavy atom. The minimum atomic E-state index is 0.435. The summed E-state index contributed by atoms with van der Waals surface area (Å²) in [5.41, 5.74) is 5.34. The fourth-order valence-electron chi connectivity index (χ4n) is 0.945. The average molecular weight is 205 g/mol. The van der Waals surface area contributed by atoms with Crippen LogP contribution >= 0.6 is 0 Å². The molecule has 0 radical (unpaired) electrons. The molecule has 0 aromatic rings. The molecular formula is C10H23NO3. The predicted molar refractivity (Wildman–Crippen MR) is 56.3 cm³/mol.